The summed E-state index contributed by atoms with van der Waals surface area (Å²) in [5.41, 5.74) is 0.962. The number of fused-ring (bicyclic) bond motifs is 1. The van der Waals surface area contributed by atoms with Gasteiger partial charge in [0.05, 0.1) is 4.90 Å². The first-order chi connectivity index (χ1) is 15.3. The highest BCUT2D eigenvalue weighted by molar-refractivity contribution is 7.89. The molecule has 1 saturated carbocycles. The molecule has 1 N–H and O–H groups in total. The fraction of sp³-hybridized carbons (Fsp3) is 0.640. The number of carbonyl (C=O) groups is 1. The van der Waals surface area contributed by atoms with E-state index in [2.05, 4.69) is 26.1 Å². The molecule has 1 aliphatic carbocycles. The summed E-state index contributed by atoms with van der Waals surface area (Å²) in [5, 5.41) is 4.14. The van der Waals surface area contributed by atoms with E-state index in [4.69, 9.17) is 0 Å². The second-order valence-electron chi connectivity index (χ2n) is 10.0. The lowest BCUT2D eigenvalue weighted by molar-refractivity contribution is -0.122. The number of benzene rings is 1. The second kappa shape index (κ2) is 9.56. The number of hydrogen-bond donors (Lipinski definition) is 1. The summed E-state index contributed by atoms with van der Waals surface area (Å²) in [6.45, 7) is 8.46. The second-order valence-corrected chi connectivity index (χ2v) is 11.9. The van der Waals surface area contributed by atoms with Crippen LogP contribution in [0.4, 0.5) is 0 Å². The van der Waals surface area contributed by atoms with Gasteiger partial charge in [-0.25, -0.2) is 8.42 Å². The molecule has 4 rings (SSSR count). The third kappa shape index (κ3) is 4.88. The molecule has 0 bridgehead atoms. The number of nitrogens with one attached hydrogen (secondary N) is 1. The Morgan fingerprint density at radius 1 is 1.06 bits per heavy atom. The van der Waals surface area contributed by atoms with Crippen LogP contribution in [0.1, 0.15) is 59.3 Å². The molecule has 0 radical (unpaired) electrons. The average Bonchev–Trinajstić information content (AvgIpc) is 3.18. The van der Waals surface area contributed by atoms with E-state index in [9.17, 15) is 13.2 Å². The van der Waals surface area contributed by atoms with Crippen LogP contribution >= 0.6 is 0 Å². The molecule has 2 heterocycles. The zero-order valence-corrected chi connectivity index (χ0v) is 20.4. The van der Waals surface area contributed by atoms with Gasteiger partial charge in [0.25, 0.3) is 0 Å². The number of nitrogens with zero attached hydrogens (tertiary/aromatic N) is 2. The Balaban J connectivity index is 1.40. The monoisotopic (exact) mass is 459 g/mol. The molecule has 0 spiro atoms. The predicted molar refractivity (Wildman–Crippen MR) is 128 cm³/mol. The zero-order valence-electron chi connectivity index (χ0n) is 19.6. The van der Waals surface area contributed by atoms with Gasteiger partial charge in [-0.2, -0.15) is 4.31 Å². The van der Waals surface area contributed by atoms with Crippen molar-refractivity contribution in [1.29, 1.82) is 0 Å². The van der Waals surface area contributed by atoms with E-state index in [1.54, 1.807) is 16.4 Å². The van der Waals surface area contributed by atoms with Crippen LogP contribution in [0, 0.1) is 17.8 Å². The molecule has 7 heteroatoms. The fourth-order valence-electron chi connectivity index (χ4n) is 5.19. The fourth-order valence-corrected chi connectivity index (χ4v) is 6.70. The van der Waals surface area contributed by atoms with Crippen molar-refractivity contribution in [1.82, 2.24) is 14.2 Å². The molecule has 32 heavy (non-hydrogen) atoms. The maximum Gasteiger partial charge on any atom is 0.243 e. The molecule has 2 aliphatic rings. The van der Waals surface area contributed by atoms with Crippen LogP contribution < -0.4 is 5.32 Å². The largest absolute Gasteiger partial charge is 0.353 e. The van der Waals surface area contributed by atoms with E-state index in [1.165, 1.54) is 12.8 Å². The molecule has 1 aliphatic heterocycles. The van der Waals surface area contributed by atoms with E-state index in [0.717, 1.165) is 30.2 Å². The summed E-state index contributed by atoms with van der Waals surface area (Å²) in [7, 11) is -3.46. The highest BCUT2D eigenvalue weighted by Gasteiger charge is 2.29. The number of carbonyl (C=O) groups excluding carboxylic acids is 1. The Hall–Kier alpha value is -1.86. The predicted octanol–water partition coefficient (Wildman–Crippen LogP) is 4.39. The van der Waals surface area contributed by atoms with Gasteiger partial charge < -0.3 is 9.88 Å². The van der Waals surface area contributed by atoms with Crippen molar-refractivity contribution in [2.24, 2.45) is 17.8 Å². The summed E-state index contributed by atoms with van der Waals surface area (Å²) in [4.78, 5) is 12.9. The Kier molecular flexibility index (Phi) is 6.96. The van der Waals surface area contributed by atoms with Crippen molar-refractivity contribution in [3.05, 3.63) is 30.5 Å². The van der Waals surface area contributed by atoms with Gasteiger partial charge in [-0.1, -0.05) is 33.6 Å². The zero-order chi connectivity index (χ0) is 22.9. The first kappa shape index (κ1) is 23.3. The molecule has 3 atom stereocenters. The highest BCUT2D eigenvalue weighted by atomic mass is 32.2. The molecular formula is C25H37N3O3S. The smallest absolute Gasteiger partial charge is 0.243 e. The number of hydrogen-bond acceptors (Lipinski definition) is 3. The van der Waals surface area contributed by atoms with Crippen LogP contribution in [0.3, 0.4) is 0 Å². The maximum absolute atomic E-state index is 13.1. The Morgan fingerprint density at radius 2 is 1.81 bits per heavy atom. The number of rotatable bonds is 6. The van der Waals surface area contributed by atoms with E-state index in [1.807, 2.05) is 22.9 Å². The molecule has 1 saturated heterocycles. The SMILES string of the molecule is CC1CCN(S(=O)(=O)c2ccc3c(ccn3CCC(=O)N[C@@H]3CCC[C@H](C)[C@H]3C)c2)CC1. The Bertz CT molecular complexity index is 1050. The quantitative estimate of drug-likeness (QED) is 0.696. The van der Waals surface area contributed by atoms with E-state index in [-0.39, 0.29) is 11.9 Å². The van der Waals surface area contributed by atoms with Gasteiger partial charge in [-0.15, -0.1) is 0 Å². The summed E-state index contributed by atoms with van der Waals surface area (Å²) in [6.07, 6.45) is 7.70. The first-order valence-corrected chi connectivity index (χ1v) is 13.6. The van der Waals surface area contributed by atoms with Gasteiger partial charge in [-0.05, 0) is 61.3 Å². The van der Waals surface area contributed by atoms with Gasteiger partial charge in [0.2, 0.25) is 15.9 Å². The molecule has 2 fully saturated rings. The third-order valence-corrected chi connectivity index (χ3v) is 9.65. The molecular weight excluding hydrogens is 422 g/mol. The lowest BCUT2D eigenvalue weighted by Gasteiger charge is -2.34. The normalized spacial score (nSPS) is 25.8. The van der Waals surface area contributed by atoms with Crippen molar-refractivity contribution < 1.29 is 13.2 Å². The van der Waals surface area contributed by atoms with Gasteiger partial charge in [0.15, 0.2) is 0 Å². The van der Waals surface area contributed by atoms with Crippen LogP contribution in [0.25, 0.3) is 10.9 Å². The number of aryl methyl sites for hydroxylation is 1. The van der Waals surface area contributed by atoms with E-state index >= 15 is 0 Å². The topological polar surface area (TPSA) is 71.4 Å². The van der Waals surface area contributed by atoms with Crippen molar-refractivity contribution in [3.8, 4) is 0 Å². The Labute approximate surface area is 192 Å². The van der Waals surface area contributed by atoms with E-state index in [0.29, 0.717) is 48.7 Å². The average molecular weight is 460 g/mol. The minimum Gasteiger partial charge on any atom is -0.353 e. The summed E-state index contributed by atoms with van der Waals surface area (Å²) in [6, 6.07) is 7.56. The number of amides is 1. The molecule has 2 aromatic rings. The molecule has 176 valence electrons. The minimum atomic E-state index is -3.46. The van der Waals surface area contributed by atoms with Crippen LogP contribution in [0.2, 0.25) is 0 Å². The van der Waals surface area contributed by atoms with Crippen LogP contribution in [0.5, 0.6) is 0 Å². The standard InChI is InChI=1S/C25H37N3O3S/c1-18-9-15-28(16-10-18)32(30,31)22-7-8-24-21(17-22)11-13-27(24)14-12-25(29)26-23-6-4-5-19(2)20(23)3/h7-8,11,13,17-20,23H,4-6,9-10,12,14-16H2,1-3H3,(H,26,29)/t19-,20+,23+/m0/s1. The number of aromatic nitrogens is 1. The summed E-state index contributed by atoms with van der Waals surface area (Å²) >= 11 is 0. The van der Waals surface area contributed by atoms with Crippen LogP contribution in [0.15, 0.2) is 35.4 Å². The van der Waals surface area contributed by atoms with Gasteiger partial charge in [0.1, 0.15) is 0 Å². The maximum atomic E-state index is 13.1. The van der Waals surface area contributed by atoms with Crippen molar-refractivity contribution in [2.75, 3.05) is 13.1 Å². The van der Waals surface area contributed by atoms with Crippen molar-refractivity contribution in [2.45, 2.75) is 76.8 Å². The van der Waals surface area contributed by atoms with Crippen LogP contribution in [-0.4, -0.2) is 42.3 Å². The molecule has 1 amide bonds. The van der Waals surface area contributed by atoms with Crippen molar-refractivity contribution in [3.63, 3.8) is 0 Å². The lowest BCUT2D eigenvalue weighted by atomic mass is 9.78. The molecule has 1 aromatic heterocycles. The van der Waals surface area contributed by atoms with Gasteiger partial charge in [-0.3, -0.25) is 4.79 Å². The first-order valence-electron chi connectivity index (χ1n) is 12.1. The minimum absolute atomic E-state index is 0.0938. The summed E-state index contributed by atoms with van der Waals surface area (Å²) < 4.78 is 29.8. The third-order valence-electron chi connectivity index (χ3n) is 7.76. The van der Waals surface area contributed by atoms with Gasteiger partial charge >= 0.3 is 0 Å². The lowest BCUT2D eigenvalue weighted by Crippen LogP contribution is -2.43. The molecule has 1 aromatic carbocycles. The van der Waals surface area contributed by atoms with Gasteiger partial charge in [0, 0.05) is 49.2 Å². The highest BCUT2D eigenvalue weighted by Crippen LogP contribution is 2.30. The van der Waals surface area contributed by atoms with Crippen molar-refractivity contribution >= 4 is 26.8 Å². The van der Waals surface area contributed by atoms with Crippen LogP contribution in [-0.2, 0) is 21.4 Å². The van der Waals surface area contributed by atoms with E-state index < -0.39 is 10.0 Å². The molecule has 0 unspecified atom stereocenters. The molecule has 6 nitrogen and oxygen atoms in total. The Morgan fingerprint density at radius 3 is 2.56 bits per heavy atom. The number of sulfonamides is 1. The summed E-state index contributed by atoms with van der Waals surface area (Å²) in [5.74, 6) is 1.85. The number of piperidine rings is 1.